The third-order valence-electron chi connectivity index (χ3n) is 3.98. The van der Waals surface area contributed by atoms with E-state index in [9.17, 15) is 13.2 Å². The topological polar surface area (TPSA) is 78.5 Å². The Labute approximate surface area is 145 Å². The fourth-order valence-corrected chi connectivity index (χ4v) is 4.00. The lowest BCUT2D eigenvalue weighted by Crippen LogP contribution is -2.47. The molecule has 2 amide bonds. The van der Waals surface area contributed by atoms with E-state index in [1.54, 1.807) is 6.92 Å². The summed E-state index contributed by atoms with van der Waals surface area (Å²) >= 11 is 3.43. The van der Waals surface area contributed by atoms with Crippen molar-refractivity contribution in [1.29, 1.82) is 0 Å². The first kappa shape index (κ1) is 18.2. The summed E-state index contributed by atoms with van der Waals surface area (Å²) < 4.78 is 26.0. The number of carbonyl (C=O) groups excluding carboxylic acids is 1. The standard InChI is InChI=1S/C15H22BrN3O3S/c1-3-23(21,22)19-8-6-12(7-9-19)17-15(20)18-13-5-4-11(2)14(16)10-13/h4-5,10,12H,3,6-9H2,1-2H3,(H2,17,18,20). The minimum Gasteiger partial charge on any atom is -0.335 e. The lowest BCUT2D eigenvalue weighted by atomic mass is 10.1. The minimum atomic E-state index is -3.13. The van der Waals surface area contributed by atoms with Crippen LogP contribution in [0.15, 0.2) is 22.7 Å². The number of piperidine rings is 1. The second-order valence-corrected chi connectivity index (χ2v) is 8.75. The third kappa shape index (κ3) is 4.92. The number of sulfonamides is 1. The van der Waals surface area contributed by atoms with Gasteiger partial charge in [-0.05, 0) is 44.4 Å². The molecule has 1 aliphatic rings. The number of amides is 2. The van der Waals surface area contributed by atoms with Crippen LogP contribution in [0.25, 0.3) is 0 Å². The number of halogens is 1. The molecule has 0 atom stereocenters. The first-order chi connectivity index (χ1) is 10.8. The highest BCUT2D eigenvalue weighted by Crippen LogP contribution is 2.20. The fraction of sp³-hybridized carbons (Fsp3) is 0.533. The Hall–Kier alpha value is -1.12. The summed E-state index contributed by atoms with van der Waals surface area (Å²) in [6, 6.07) is 5.35. The number of rotatable bonds is 4. The maximum atomic E-state index is 12.0. The number of nitrogens with zero attached hydrogens (tertiary/aromatic N) is 1. The molecule has 0 unspecified atom stereocenters. The van der Waals surface area contributed by atoms with Gasteiger partial charge in [0.15, 0.2) is 0 Å². The fourth-order valence-electron chi connectivity index (χ4n) is 2.48. The van der Waals surface area contributed by atoms with Crippen molar-refractivity contribution in [2.45, 2.75) is 32.7 Å². The number of aryl methyl sites for hydroxylation is 1. The Morgan fingerprint density at radius 3 is 2.57 bits per heavy atom. The summed E-state index contributed by atoms with van der Waals surface area (Å²) in [5.74, 6) is 0.119. The van der Waals surface area contributed by atoms with E-state index in [4.69, 9.17) is 0 Å². The third-order valence-corrected chi connectivity index (χ3v) is 6.71. The molecule has 0 radical (unpaired) electrons. The summed E-state index contributed by atoms with van der Waals surface area (Å²) in [5, 5.41) is 5.70. The van der Waals surface area contributed by atoms with Gasteiger partial charge in [-0.2, -0.15) is 0 Å². The van der Waals surface area contributed by atoms with Gasteiger partial charge in [0.1, 0.15) is 0 Å². The van der Waals surface area contributed by atoms with Crippen molar-refractivity contribution in [3.05, 3.63) is 28.2 Å². The van der Waals surface area contributed by atoms with Crippen LogP contribution in [-0.4, -0.2) is 43.6 Å². The number of anilines is 1. The predicted octanol–water partition coefficient (Wildman–Crippen LogP) is 2.69. The predicted molar refractivity (Wildman–Crippen MR) is 95.1 cm³/mol. The molecule has 0 bridgehead atoms. The van der Waals surface area contributed by atoms with Crippen molar-refractivity contribution in [2.24, 2.45) is 0 Å². The lowest BCUT2D eigenvalue weighted by molar-refractivity contribution is 0.238. The highest BCUT2D eigenvalue weighted by Gasteiger charge is 2.27. The SMILES string of the molecule is CCS(=O)(=O)N1CCC(NC(=O)Nc2ccc(C)c(Br)c2)CC1. The number of hydrogen-bond donors (Lipinski definition) is 2. The first-order valence-corrected chi connectivity index (χ1v) is 10.0. The number of nitrogens with one attached hydrogen (secondary N) is 2. The van der Waals surface area contributed by atoms with E-state index in [1.807, 2.05) is 25.1 Å². The molecule has 6 nitrogen and oxygen atoms in total. The van der Waals surface area contributed by atoms with Crippen molar-refractivity contribution in [3.63, 3.8) is 0 Å². The van der Waals surface area contributed by atoms with Gasteiger partial charge >= 0.3 is 6.03 Å². The van der Waals surface area contributed by atoms with Crippen LogP contribution in [0.1, 0.15) is 25.3 Å². The average Bonchev–Trinajstić information content (AvgIpc) is 2.51. The number of urea groups is 1. The van der Waals surface area contributed by atoms with Gasteiger partial charge in [0, 0.05) is 29.3 Å². The zero-order valence-electron chi connectivity index (χ0n) is 13.3. The summed E-state index contributed by atoms with van der Waals surface area (Å²) in [6.07, 6.45) is 1.26. The molecular weight excluding hydrogens is 382 g/mol. The summed E-state index contributed by atoms with van der Waals surface area (Å²) in [7, 11) is -3.13. The van der Waals surface area contributed by atoms with E-state index in [0.717, 1.165) is 10.0 Å². The highest BCUT2D eigenvalue weighted by atomic mass is 79.9. The Kier molecular flexibility index (Phi) is 6.05. The Morgan fingerprint density at radius 2 is 2.00 bits per heavy atom. The largest absolute Gasteiger partial charge is 0.335 e. The molecule has 0 spiro atoms. The summed E-state index contributed by atoms with van der Waals surface area (Å²) in [4.78, 5) is 12.0. The van der Waals surface area contributed by atoms with Crippen molar-refractivity contribution >= 4 is 37.7 Å². The quantitative estimate of drug-likeness (QED) is 0.810. The monoisotopic (exact) mass is 403 g/mol. The van der Waals surface area contributed by atoms with Crippen LogP contribution in [0.2, 0.25) is 0 Å². The molecule has 1 aliphatic heterocycles. The highest BCUT2D eigenvalue weighted by molar-refractivity contribution is 9.10. The van der Waals surface area contributed by atoms with Gasteiger partial charge in [0.2, 0.25) is 10.0 Å². The molecule has 0 aliphatic carbocycles. The molecule has 1 heterocycles. The average molecular weight is 404 g/mol. The van der Waals surface area contributed by atoms with Crippen LogP contribution in [0.3, 0.4) is 0 Å². The van der Waals surface area contributed by atoms with Gasteiger partial charge in [-0.3, -0.25) is 0 Å². The van der Waals surface area contributed by atoms with Crippen LogP contribution >= 0.6 is 15.9 Å². The molecule has 2 N–H and O–H groups in total. The smallest absolute Gasteiger partial charge is 0.319 e. The Balaban J connectivity index is 1.84. The van der Waals surface area contributed by atoms with Crippen molar-refractivity contribution < 1.29 is 13.2 Å². The van der Waals surface area contributed by atoms with Crippen molar-refractivity contribution in [1.82, 2.24) is 9.62 Å². The molecule has 23 heavy (non-hydrogen) atoms. The zero-order valence-corrected chi connectivity index (χ0v) is 15.7. The molecule has 1 fully saturated rings. The van der Waals surface area contributed by atoms with Gasteiger partial charge < -0.3 is 10.6 Å². The van der Waals surface area contributed by atoms with Crippen LogP contribution in [0, 0.1) is 6.92 Å². The number of benzene rings is 1. The van der Waals surface area contributed by atoms with E-state index >= 15 is 0 Å². The van der Waals surface area contributed by atoms with E-state index in [-0.39, 0.29) is 17.8 Å². The molecule has 0 saturated carbocycles. The van der Waals surface area contributed by atoms with E-state index < -0.39 is 10.0 Å². The molecule has 0 aromatic heterocycles. The van der Waals surface area contributed by atoms with E-state index in [1.165, 1.54) is 4.31 Å². The molecule has 1 aromatic rings. The van der Waals surface area contributed by atoms with Crippen LogP contribution in [0.5, 0.6) is 0 Å². The minimum absolute atomic E-state index is 0.00723. The first-order valence-electron chi connectivity index (χ1n) is 7.63. The van der Waals surface area contributed by atoms with Gasteiger partial charge in [0.05, 0.1) is 5.75 Å². The van der Waals surface area contributed by atoms with Gasteiger partial charge in [-0.15, -0.1) is 0 Å². The molecule has 128 valence electrons. The molecular formula is C15H22BrN3O3S. The van der Waals surface area contributed by atoms with Crippen LogP contribution in [0.4, 0.5) is 10.5 Å². The summed E-state index contributed by atoms with van der Waals surface area (Å²) in [6.45, 7) is 4.54. The van der Waals surface area contributed by atoms with Crippen molar-refractivity contribution in [2.75, 3.05) is 24.2 Å². The lowest BCUT2D eigenvalue weighted by Gasteiger charge is -2.31. The zero-order chi connectivity index (χ0) is 17.0. The molecule has 8 heteroatoms. The Morgan fingerprint density at radius 1 is 1.35 bits per heavy atom. The van der Waals surface area contributed by atoms with Crippen molar-refractivity contribution in [3.8, 4) is 0 Å². The number of carbonyl (C=O) groups is 1. The van der Waals surface area contributed by atoms with E-state index in [2.05, 4.69) is 26.6 Å². The summed E-state index contributed by atoms with van der Waals surface area (Å²) in [5.41, 5.74) is 1.81. The van der Waals surface area contributed by atoms with E-state index in [0.29, 0.717) is 31.6 Å². The Bertz CT molecular complexity index is 671. The number of hydrogen-bond acceptors (Lipinski definition) is 3. The van der Waals surface area contributed by atoms with Crippen LogP contribution < -0.4 is 10.6 Å². The van der Waals surface area contributed by atoms with Gasteiger partial charge in [-0.25, -0.2) is 17.5 Å². The maximum Gasteiger partial charge on any atom is 0.319 e. The normalized spacial score (nSPS) is 17.0. The van der Waals surface area contributed by atoms with Gasteiger partial charge in [-0.1, -0.05) is 22.0 Å². The molecule has 1 aromatic carbocycles. The second-order valence-electron chi connectivity index (χ2n) is 5.64. The maximum absolute atomic E-state index is 12.0. The van der Waals surface area contributed by atoms with Crippen LogP contribution in [-0.2, 0) is 10.0 Å². The second kappa shape index (κ2) is 7.63. The van der Waals surface area contributed by atoms with Gasteiger partial charge in [0.25, 0.3) is 0 Å². The molecule has 1 saturated heterocycles. The molecule has 2 rings (SSSR count).